The summed E-state index contributed by atoms with van der Waals surface area (Å²) in [6.07, 6.45) is 2.29. The Kier molecular flexibility index (Phi) is 3.46. The molecule has 0 bridgehead atoms. The summed E-state index contributed by atoms with van der Waals surface area (Å²) >= 11 is 12.6. The summed E-state index contributed by atoms with van der Waals surface area (Å²) in [6, 6.07) is 7.65. The molecule has 1 unspecified atom stereocenters. The molecule has 1 saturated carbocycles. The minimum atomic E-state index is -0.875. The van der Waals surface area contributed by atoms with Crippen molar-refractivity contribution < 1.29 is 5.11 Å². The van der Waals surface area contributed by atoms with Crippen molar-refractivity contribution in [3.05, 3.63) is 34.9 Å². The van der Waals surface area contributed by atoms with Gasteiger partial charge in [0.25, 0.3) is 0 Å². The molecule has 94 valence electrons. The first kappa shape index (κ1) is 13.2. The average Bonchev–Trinajstić information content (AvgIpc) is 3.01. The van der Waals surface area contributed by atoms with E-state index in [2.05, 4.69) is 0 Å². The van der Waals surface area contributed by atoms with Crippen LogP contribution in [0, 0.1) is 5.92 Å². The van der Waals surface area contributed by atoms with Gasteiger partial charge in [-0.15, -0.1) is 11.6 Å². The number of hydrogen-bond acceptors (Lipinski definition) is 1. The van der Waals surface area contributed by atoms with Gasteiger partial charge in [0.2, 0.25) is 0 Å². The maximum atomic E-state index is 10.9. The first-order valence-electron chi connectivity index (χ1n) is 6.04. The van der Waals surface area contributed by atoms with E-state index in [1.54, 1.807) is 0 Å². The Morgan fingerprint density at radius 1 is 1.35 bits per heavy atom. The Morgan fingerprint density at radius 2 is 1.94 bits per heavy atom. The summed E-state index contributed by atoms with van der Waals surface area (Å²) in [6.45, 7) is 4.03. The molecule has 1 aliphatic carbocycles. The van der Waals surface area contributed by atoms with Crippen LogP contribution in [0.15, 0.2) is 24.3 Å². The molecule has 3 heteroatoms. The maximum Gasteiger partial charge on any atom is 0.0901 e. The highest BCUT2D eigenvalue weighted by atomic mass is 35.5. The second-order valence-electron chi connectivity index (χ2n) is 5.31. The second kappa shape index (κ2) is 4.46. The van der Waals surface area contributed by atoms with E-state index in [4.69, 9.17) is 23.2 Å². The highest BCUT2D eigenvalue weighted by molar-refractivity contribution is 6.31. The van der Waals surface area contributed by atoms with Crippen molar-refractivity contribution in [2.45, 2.75) is 43.6 Å². The van der Waals surface area contributed by atoms with Crippen molar-refractivity contribution in [1.82, 2.24) is 0 Å². The second-order valence-corrected chi connectivity index (χ2v) is 6.44. The predicted molar refractivity (Wildman–Crippen MR) is 72.8 cm³/mol. The van der Waals surface area contributed by atoms with Crippen molar-refractivity contribution in [3.8, 4) is 0 Å². The SMILES string of the molecule is CC(C)C(O)(Cc1ccccc1Cl)C1(Cl)CC1. The van der Waals surface area contributed by atoms with E-state index in [9.17, 15) is 5.11 Å². The summed E-state index contributed by atoms with van der Waals surface area (Å²) in [4.78, 5) is -0.458. The van der Waals surface area contributed by atoms with Crippen LogP contribution in [0.5, 0.6) is 0 Å². The molecule has 1 aromatic carbocycles. The normalized spacial score (nSPS) is 21.3. The van der Waals surface area contributed by atoms with E-state index in [1.807, 2.05) is 38.1 Å². The molecule has 2 rings (SSSR count). The van der Waals surface area contributed by atoms with Crippen LogP contribution in [0.3, 0.4) is 0 Å². The van der Waals surface area contributed by atoms with Crippen LogP contribution in [0.4, 0.5) is 0 Å². The molecule has 0 amide bonds. The zero-order valence-corrected chi connectivity index (χ0v) is 11.7. The highest BCUT2D eigenvalue weighted by Gasteiger charge is 2.58. The van der Waals surface area contributed by atoms with E-state index in [1.165, 1.54) is 0 Å². The van der Waals surface area contributed by atoms with Gasteiger partial charge < -0.3 is 5.11 Å². The van der Waals surface area contributed by atoms with E-state index in [-0.39, 0.29) is 5.92 Å². The van der Waals surface area contributed by atoms with E-state index in [0.29, 0.717) is 11.4 Å². The van der Waals surface area contributed by atoms with Crippen LogP contribution in [-0.4, -0.2) is 15.6 Å². The molecule has 0 aliphatic heterocycles. The first-order valence-corrected chi connectivity index (χ1v) is 6.79. The molecule has 0 saturated heterocycles. The molecule has 17 heavy (non-hydrogen) atoms. The van der Waals surface area contributed by atoms with Crippen molar-refractivity contribution in [2.24, 2.45) is 5.92 Å². The molecule has 1 nitrogen and oxygen atoms in total. The quantitative estimate of drug-likeness (QED) is 0.821. The number of aliphatic hydroxyl groups is 1. The standard InChI is InChI=1S/C14H18Cl2O/c1-10(2)14(17,13(16)7-8-13)9-11-5-3-4-6-12(11)15/h3-6,10,17H,7-9H2,1-2H3. The fourth-order valence-corrected chi connectivity index (χ4v) is 2.94. The van der Waals surface area contributed by atoms with Crippen molar-refractivity contribution in [2.75, 3.05) is 0 Å². The zero-order valence-electron chi connectivity index (χ0n) is 10.2. The van der Waals surface area contributed by atoms with Crippen molar-refractivity contribution in [1.29, 1.82) is 0 Å². The van der Waals surface area contributed by atoms with Crippen LogP contribution in [0.2, 0.25) is 5.02 Å². The van der Waals surface area contributed by atoms with Gasteiger partial charge >= 0.3 is 0 Å². The molecule has 0 heterocycles. The van der Waals surface area contributed by atoms with Gasteiger partial charge in [-0.2, -0.15) is 0 Å². The van der Waals surface area contributed by atoms with Gasteiger partial charge in [0.1, 0.15) is 0 Å². The molecular weight excluding hydrogens is 255 g/mol. The third-order valence-corrected chi connectivity index (χ3v) is 4.91. The Bertz CT molecular complexity index is 412. The Hall–Kier alpha value is -0.240. The lowest BCUT2D eigenvalue weighted by Crippen LogP contribution is -2.48. The van der Waals surface area contributed by atoms with Gasteiger partial charge in [-0.3, -0.25) is 0 Å². The number of halogens is 2. The third-order valence-electron chi connectivity index (χ3n) is 3.84. The van der Waals surface area contributed by atoms with Crippen LogP contribution < -0.4 is 0 Å². The van der Waals surface area contributed by atoms with E-state index in [0.717, 1.165) is 18.4 Å². The molecule has 1 atom stereocenters. The van der Waals surface area contributed by atoms with E-state index >= 15 is 0 Å². The largest absolute Gasteiger partial charge is 0.387 e. The van der Waals surface area contributed by atoms with Gasteiger partial charge in [0.15, 0.2) is 0 Å². The summed E-state index contributed by atoms with van der Waals surface area (Å²) in [5, 5.41) is 11.6. The Morgan fingerprint density at radius 3 is 2.41 bits per heavy atom. The topological polar surface area (TPSA) is 20.2 Å². The summed E-state index contributed by atoms with van der Waals surface area (Å²) in [5.41, 5.74) is 0.0943. The van der Waals surface area contributed by atoms with Gasteiger partial charge in [-0.1, -0.05) is 43.6 Å². The number of hydrogen-bond donors (Lipinski definition) is 1. The third kappa shape index (κ3) is 2.33. The van der Waals surface area contributed by atoms with Gasteiger partial charge in [-0.05, 0) is 30.4 Å². The zero-order chi connectivity index (χ0) is 12.7. The minimum Gasteiger partial charge on any atom is -0.387 e. The van der Waals surface area contributed by atoms with Crippen molar-refractivity contribution >= 4 is 23.2 Å². The molecule has 1 aliphatic rings. The monoisotopic (exact) mass is 272 g/mol. The van der Waals surface area contributed by atoms with Crippen LogP contribution in [0.1, 0.15) is 32.3 Å². The number of rotatable bonds is 4. The lowest BCUT2D eigenvalue weighted by atomic mass is 9.80. The lowest BCUT2D eigenvalue weighted by Gasteiger charge is -2.37. The fraction of sp³-hybridized carbons (Fsp3) is 0.571. The average molecular weight is 273 g/mol. The number of benzene rings is 1. The van der Waals surface area contributed by atoms with Crippen LogP contribution in [-0.2, 0) is 6.42 Å². The Labute approximate surface area is 113 Å². The summed E-state index contributed by atoms with van der Waals surface area (Å²) in [5.74, 6) is 0.110. The molecule has 0 aromatic heterocycles. The van der Waals surface area contributed by atoms with Gasteiger partial charge in [0, 0.05) is 11.4 Å². The predicted octanol–water partition coefficient (Wildman–Crippen LogP) is 4.04. The molecule has 1 aromatic rings. The summed E-state index contributed by atoms with van der Waals surface area (Å²) < 4.78 is 0. The smallest absolute Gasteiger partial charge is 0.0901 e. The van der Waals surface area contributed by atoms with Crippen molar-refractivity contribution in [3.63, 3.8) is 0 Å². The number of alkyl halides is 1. The van der Waals surface area contributed by atoms with Gasteiger partial charge in [0.05, 0.1) is 10.5 Å². The first-order chi connectivity index (χ1) is 7.89. The molecule has 0 spiro atoms. The fourth-order valence-electron chi connectivity index (χ4n) is 2.35. The molecule has 1 fully saturated rings. The lowest BCUT2D eigenvalue weighted by molar-refractivity contribution is -0.0161. The Balaban J connectivity index is 2.28. The summed E-state index contributed by atoms with van der Waals surface area (Å²) in [7, 11) is 0. The van der Waals surface area contributed by atoms with E-state index < -0.39 is 10.5 Å². The highest BCUT2D eigenvalue weighted by Crippen LogP contribution is 2.55. The maximum absolute atomic E-state index is 10.9. The molecular formula is C14H18Cl2O. The minimum absolute atomic E-state index is 0.110. The van der Waals surface area contributed by atoms with Crippen LogP contribution >= 0.6 is 23.2 Å². The van der Waals surface area contributed by atoms with Crippen LogP contribution in [0.25, 0.3) is 0 Å². The molecule has 0 radical (unpaired) electrons. The van der Waals surface area contributed by atoms with Gasteiger partial charge in [-0.25, -0.2) is 0 Å². The molecule has 1 N–H and O–H groups in total.